The maximum absolute atomic E-state index is 12.1. The Bertz CT molecular complexity index is 1180. The number of fused-ring (bicyclic) bond motifs is 1. The van der Waals surface area contributed by atoms with Gasteiger partial charge in [0.1, 0.15) is 23.8 Å². The number of para-hydroxylation sites is 1. The van der Waals surface area contributed by atoms with E-state index < -0.39 is 11.7 Å². The Morgan fingerprint density at radius 2 is 1.90 bits per heavy atom. The number of imidazole rings is 1. The molecule has 9 nitrogen and oxygen atoms in total. The number of ether oxygens (including phenoxy) is 1. The highest BCUT2D eigenvalue weighted by molar-refractivity contribution is 5.93. The molecule has 0 spiro atoms. The fourth-order valence-electron chi connectivity index (χ4n) is 2.91. The standard InChI is InChI=1S/C21H22N4O5/c1-12(14-7-8-15-17(11-14)23-21(29)22-15)20(28)19(13(2)27)25-24-16-5-3-4-6-18(16)30-10-9-26/h3-8,11-12,26,28H,9-10H2,1-2H3,(H2,22,23,29). The molecule has 0 saturated carbocycles. The minimum atomic E-state index is -0.563. The van der Waals surface area contributed by atoms with Crippen molar-refractivity contribution in [1.29, 1.82) is 0 Å². The van der Waals surface area contributed by atoms with Gasteiger partial charge in [0.25, 0.3) is 0 Å². The number of carbonyl (C=O) groups excluding carboxylic acids is 1. The Labute approximate surface area is 171 Å². The van der Waals surface area contributed by atoms with Crippen LogP contribution in [-0.4, -0.2) is 39.2 Å². The van der Waals surface area contributed by atoms with Crippen LogP contribution in [0.5, 0.6) is 5.75 Å². The molecule has 0 bridgehead atoms. The summed E-state index contributed by atoms with van der Waals surface area (Å²) < 4.78 is 5.40. The highest BCUT2D eigenvalue weighted by Gasteiger charge is 2.19. The highest BCUT2D eigenvalue weighted by Crippen LogP contribution is 2.30. The van der Waals surface area contributed by atoms with Gasteiger partial charge in [-0.1, -0.05) is 25.1 Å². The summed E-state index contributed by atoms with van der Waals surface area (Å²) in [6.07, 6.45) is 0. The van der Waals surface area contributed by atoms with Crippen LogP contribution < -0.4 is 10.4 Å². The summed E-state index contributed by atoms with van der Waals surface area (Å²) in [7, 11) is 0. The number of aromatic amines is 2. The van der Waals surface area contributed by atoms with Crippen molar-refractivity contribution >= 4 is 22.5 Å². The third kappa shape index (κ3) is 4.64. The number of rotatable bonds is 8. The molecular weight excluding hydrogens is 388 g/mol. The normalized spacial score (nSPS) is 13.4. The van der Waals surface area contributed by atoms with Gasteiger partial charge in [-0.25, -0.2) is 4.79 Å². The average Bonchev–Trinajstić information content (AvgIpc) is 3.11. The number of nitrogens with zero attached hydrogens (tertiary/aromatic N) is 2. The zero-order valence-corrected chi connectivity index (χ0v) is 16.5. The molecule has 1 unspecified atom stereocenters. The largest absolute Gasteiger partial charge is 0.509 e. The third-order valence-corrected chi connectivity index (χ3v) is 4.50. The van der Waals surface area contributed by atoms with Crippen molar-refractivity contribution in [3.8, 4) is 5.75 Å². The first-order chi connectivity index (χ1) is 14.4. The first-order valence-corrected chi connectivity index (χ1v) is 9.31. The second-order valence-electron chi connectivity index (χ2n) is 6.64. The highest BCUT2D eigenvalue weighted by atomic mass is 16.5. The Balaban J connectivity index is 1.94. The minimum Gasteiger partial charge on any atom is -0.509 e. The number of carbonyl (C=O) groups is 1. The van der Waals surface area contributed by atoms with Gasteiger partial charge in [-0.15, -0.1) is 10.2 Å². The fraction of sp³-hybridized carbons (Fsp3) is 0.238. The van der Waals surface area contributed by atoms with Crippen LogP contribution >= 0.6 is 0 Å². The van der Waals surface area contributed by atoms with Crippen molar-refractivity contribution in [3.05, 3.63) is 70.0 Å². The van der Waals surface area contributed by atoms with Gasteiger partial charge in [-0.3, -0.25) is 4.79 Å². The van der Waals surface area contributed by atoms with Crippen LogP contribution in [0.2, 0.25) is 0 Å². The molecule has 0 aliphatic carbocycles. The van der Waals surface area contributed by atoms with E-state index in [1.807, 2.05) is 0 Å². The molecule has 4 N–H and O–H groups in total. The van der Waals surface area contributed by atoms with Crippen LogP contribution in [0.15, 0.2) is 68.9 Å². The number of H-pyrrole nitrogens is 2. The number of allylic oxidation sites excluding steroid dienone is 2. The van der Waals surface area contributed by atoms with E-state index in [0.717, 1.165) is 0 Å². The van der Waals surface area contributed by atoms with E-state index in [2.05, 4.69) is 20.2 Å². The van der Waals surface area contributed by atoms with Crippen molar-refractivity contribution in [2.75, 3.05) is 13.2 Å². The van der Waals surface area contributed by atoms with Gasteiger partial charge in [0.05, 0.1) is 17.6 Å². The van der Waals surface area contributed by atoms with Crippen LogP contribution in [0.4, 0.5) is 5.69 Å². The monoisotopic (exact) mass is 410 g/mol. The second kappa shape index (κ2) is 9.19. The molecule has 0 radical (unpaired) electrons. The Morgan fingerprint density at radius 3 is 2.63 bits per heavy atom. The molecule has 0 fully saturated rings. The van der Waals surface area contributed by atoms with Gasteiger partial charge < -0.3 is 24.9 Å². The minimum absolute atomic E-state index is 0.0912. The summed E-state index contributed by atoms with van der Waals surface area (Å²) in [4.78, 5) is 28.9. The molecule has 3 rings (SSSR count). The number of nitrogens with one attached hydrogen (secondary N) is 2. The number of hydrogen-bond acceptors (Lipinski definition) is 7. The fourth-order valence-corrected chi connectivity index (χ4v) is 2.91. The Morgan fingerprint density at radius 1 is 1.17 bits per heavy atom. The summed E-state index contributed by atoms with van der Waals surface area (Å²) >= 11 is 0. The lowest BCUT2D eigenvalue weighted by Crippen LogP contribution is -2.06. The van der Waals surface area contributed by atoms with Crippen molar-refractivity contribution < 1.29 is 19.7 Å². The van der Waals surface area contributed by atoms with Crippen molar-refractivity contribution in [2.24, 2.45) is 10.2 Å². The number of ketones is 1. The number of aliphatic hydroxyl groups excluding tert-OH is 2. The van der Waals surface area contributed by atoms with Crippen LogP contribution in [0.25, 0.3) is 11.0 Å². The summed E-state index contributed by atoms with van der Waals surface area (Å²) in [5, 5.41) is 27.7. The van der Waals surface area contributed by atoms with E-state index in [4.69, 9.17) is 9.84 Å². The lowest BCUT2D eigenvalue weighted by molar-refractivity contribution is -0.113. The lowest BCUT2D eigenvalue weighted by atomic mass is 9.97. The number of hydrogen-bond donors (Lipinski definition) is 4. The lowest BCUT2D eigenvalue weighted by Gasteiger charge is -2.13. The van der Waals surface area contributed by atoms with Gasteiger partial charge in [0.15, 0.2) is 11.5 Å². The maximum atomic E-state index is 12.1. The van der Waals surface area contributed by atoms with Gasteiger partial charge in [-0.2, -0.15) is 0 Å². The smallest absolute Gasteiger partial charge is 0.323 e. The molecule has 1 heterocycles. The first kappa shape index (κ1) is 21.0. The van der Waals surface area contributed by atoms with Gasteiger partial charge in [-0.05, 0) is 29.8 Å². The summed E-state index contributed by atoms with van der Waals surface area (Å²) in [6.45, 7) is 2.95. The maximum Gasteiger partial charge on any atom is 0.323 e. The Kier molecular flexibility index (Phi) is 6.43. The molecule has 2 aromatic carbocycles. The molecule has 1 aromatic heterocycles. The molecule has 156 valence electrons. The molecule has 3 aromatic rings. The van der Waals surface area contributed by atoms with E-state index in [-0.39, 0.29) is 30.4 Å². The van der Waals surface area contributed by atoms with Crippen molar-refractivity contribution in [3.63, 3.8) is 0 Å². The second-order valence-corrected chi connectivity index (χ2v) is 6.64. The zero-order chi connectivity index (χ0) is 21.7. The predicted octanol–water partition coefficient (Wildman–Crippen LogP) is 3.47. The molecule has 30 heavy (non-hydrogen) atoms. The number of aromatic nitrogens is 2. The van der Waals surface area contributed by atoms with Crippen LogP contribution in [0.1, 0.15) is 25.3 Å². The molecule has 1 atom stereocenters. The third-order valence-electron chi connectivity index (χ3n) is 4.50. The first-order valence-electron chi connectivity index (χ1n) is 9.31. The molecule has 0 amide bonds. The molecule has 0 aliphatic rings. The van der Waals surface area contributed by atoms with Gasteiger partial charge in [0.2, 0.25) is 0 Å². The van der Waals surface area contributed by atoms with Gasteiger partial charge >= 0.3 is 5.69 Å². The summed E-state index contributed by atoms with van der Waals surface area (Å²) in [5.41, 5.74) is 1.79. The SMILES string of the molecule is CC(=O)C(N=Nc1ccccc1OCCO)=C(O)C(C)c1ccc2[nH]c(=O)[nH]c2c1. The van der Waals surface area contributed by atoms with Crippen LogP contribution in [0, 0.1) is 0 Å². The molecular formula is C21H22N4O5. The Hall–Kier alpha value is -3.72. The van der Waals surface area contributed by atoms with Crippen molar-refractivity contribution in [1.82, 2.24) is 9.97 Å². The zero-order valence-electron chi connectivity index (χ0n) is 16.5. The topological polar surface area (TPSA) is 140 Å². The number of aliphatic hydroxyl groups is 2. The predicted molar refractivity (Wildman–Crippen MR) is 111 cm³/mol. The number of azo groups is 1. The summed E-state index contributed by atoms with van der Waals surface area (Å²) in [5.74, 6) is -0.857. The number of Topliss-reactive ketones (excluding diaryl/α,β-unsaturated/α-hetero) is 1. The van der Waals surface area contributed by atoms with Gasteiger partial charge in [0, 0.05) is 12.8 Å². The summed E-state index contributed by atoms with van der Waals surface area (Å²) in [6, 6.07) is 12.0. The molecule has 0 aliphatic heterocycles. The van der Waals surface area contributed by atoms with Crippen molar-refractivity contribution in [2.45, 2.75) is 19.8 Å². The number of benzene rings is 2. The molecule has 9 heteroatoms. The van der Waals surface area contributed by atoms with Crippen LogP contribution in [0.3, 0.4) is 0 Å². The van der Waals surface area contributed by atoms with E-state index >= 15 is 0 Å². The van der Waals surface area contributed by atoms with Crippen LogP contribution in [-0.2, 0) is 4.79 Å². The van der Waals surface area contributed by atoms with E-state index in [0.29, 0.717) is 28.0 Å². The average molecular weight is 410 g/mol. The van der Waals surface area contributed by atoms with E-state index in [9.17, 15) is 14.7 Å². The quantitative estimate of drug-likeness (QED) is 0.256. The van der Waals surface area contributed by atoms with E-state index in [1.54, 1.807) is 49.4 Å². The van der Waals surface area contributed by atoms with E-state index in [1.165, 1.54) is 6.92 Å². The molecule has 0 saturated heterocycles.